The lowest BCUT2D eigenvalue weighted by molar-refractivity contribution is -0.117. The molecule has 0 aliphatic heterocycles. The number of ketones is 1. The minimum Gasteiger partial charge on any atom is -0.322 e. The van der Waals surface area contributed by atoms with Gasteiger partial charge in [-0.2, -0.15) is 0 Å². The number of hydrogen-bond acceptors (Lipinski definition) is 3. The molecule has 1 atom stereocenters. The van der Waals surface area contributed by atoms with Gasteiger partial charge in [0.1, 0.15) is 5.78 Å². The van der Waals surface area contributed by atoms with Crippen molar-refractivity contribution in [1.29, 1.82) is 0 Å². The molecule has 12 heavy (non-hydrogen) atoms. The summed E-state index contributed by atoms with van der Waals surface area (Å²) >= 11 is 0. The first-order valence-corrected chi connectivity index (χ1v) is 3.86. The Labute approximate surface area is 71.6 Å². The highest BCUT2D eigenvalue weighted by Crippen LogP contribution is 2.09. The van der Waals surface area contributed by atoms with Crippen LogP contribution in [-0.2, 0) is 4.79 Å². The van der Waals surface area contributed by atoms with Crippen molar-refractivity contribution >= 4 is 5.78 Å². The summed E-state index contributed by atoms with van der Waals surface area (Å²) < 4.78 is 0. The molecule has 0 saturated heterocycles. The first kappa shape index (κ1) is 8.87. The van der Waals surface area contributed by atoms with Crippen molar-refractivity contribution in [3.8, 4) is 0 Å². The fourth-order valence-electron chi connectivity index (χ4n) is 1.01. The molecule has 0 amide bonds. The Kier molecular flexibility index (Phi) is 2.94. The summed E-state index contributed by atoms with van der Waals surface area (Å²) in [7, 11) is 0. The molecule has 64 valence electrons. The van der Waals surface area contributed by atoms with E-state index in [-0.39, 0.29) is 11.8 Å². The highest BCUT2D eigenvalue weighted by atomic mass is 16.1. The van der Waals surface area contributed by atoms with Crippen molar-refractivity contribution in [2.45, 2.75) is 19.4 Å². The topological polar surface area (TPSA) is 56.0 Å². The summed E-state index contributed by atoms with van der Waals surface area (Å²) in [5.41, 5.74) is 6.48. The fraction of sp³-hybridized carbons (Fsp3) is 0.333. The maximum atomic E-state index is 10.7. The van der Waals surface area contributed by atoms with Gasteiger partial charge in [0.05, 0.1) is 11.7 Å². The van der Waals surface area contributed by atoms with E-state index in [1.165, 1.54) is 6.92 Å². The first-order valence-electron chi connectivity index (χ1n) is 3.86. The SMILES string of the molecule is CC(=O)CC(N)c1ccccn1. The van der Waals surface area contributed by atoms with Crippen LogP contribution in [0.5, 0.6) is 0 Å². The Morgan fingerprint density at radius 3 is 2.92 bits per heavy atom. The first-order chi connectivity index (χ1) is 5.70. The standard InChI is InChI=1S/C9H12N2O/c1-7(12)6-8(10)9-4-2-3-5-11-9/h2-5,8H,6,10H2,1H3. The second-order valence-corrected chi connectivity index (χ2v) is 2.77. The summed E-state index contributed by atoms with van der Waals surface area (Å²) in [6.45, 7) is 1.53. The van der Waals surface area contributed by atoms with Gasteiger partial charge in [-0.25, -0.2) is 0 Å². The zero-order chi connectivity index (χ0) is 8.97. The summed E-state index contributed by atoms with van der Waals surface area (Å²) in [4.78, 5) is 14.8. The minimum atomic E-state index is -0.260. The van der Waals surface area contributed by atoms with Gasteiger partial charge in [-0.15, -0.1) is 0 Å². The van der Waals surface area contributed by atoms with Gasteiger partial charge in [-0.05, 0) is 19.1 Å². The number of carbonyl (C=O) groups excluding carboxylic acids is 1. The lowest BCUT2D eigenvalue weighted by Crippen LogP contribution is -2.14. The molecule has 0 radical (unpaired) electrons. The van der Waals surface area contributed by atoms with Gasteiger partial charge in [0, 0.05) is 12.6 Å². The molecule has 0 fully saturated rings. The van der Waals surface area contributed by atoms with Crippen LogP contribution in [0.3, 0.4) is 0 Å². The number of aromatic nitrogens is 1. The number of rotatable bonds is 3. The molecular weight excluding hydrogens is 152 g/mol. The third kappa shape index (κ3) is 2.43. The number of pyridine rings is 1. The average molecular weight is 164 g/mol. The van der Waals surface area contributed by atoms with E-state index < -0.39 is 0 Å². The maximum absolute atomic E-state index is 10.7. The van der Waals surface area contributed by atoms with E-state index in [0.717, 1.165) is 5.69 Å². The molecule has 0 bridgehead atoms. The number of nitrogens with two attached hydrogens (primary N) is 1. The van der Waals surface area contributed by atoms with Crippen molar-refractivity contribution < 1.29 is 4.79 Å². The van der Waals surface area contributed by atoms with E-state index in [1.54, 1.807) is 6.20 Å². The molecule has 3 heteroatoms. The highest BCUT2D eigenvalue weighted by Gasteiger charge is 2.08. The van der Waals surface area contributed by atoms with Crippen LogP contribution in [0.15, 0.2) is 24.4 Å². The number of Topliss-reactive ketones (excluding diaryl/α,β-unsaturated/α-hetero) is 1. The molecule has 1 aromatic heterocycles. The second-order valence-electron chi connectivity index (χ2n) is 2.77. The van der Waals surface area contributed by atoms with E-state index in [2.05, 4.69) is 4.98 Å². The molecule has 0 aliphatic carbocycles. The zero-order valence-electron chi connectivity index (χ0n) is 7.03. The molecule has 3 nitrogen and oxygen atoms in total. The van der Waals surface area contributed by atoms with Crippen LogP contribution in [0.4, 0.5) is 0 Å². The van der Waals surface area contributed by atoms with Crippen molar-refractivity contribution in [2.75, 3.05) is 0 Å². The van der Waals surface area contributed by atoms with Gasteiger partial charge in [0.25, 0.3) is 0 Å². The van der Waals surface area contributed by atoms with Crippen LogP contribution >= 0.6 is 0 Å². The van der Waals surface area contributed by atoms with Gasteiger partial charge in [-0.3, -0.25) is 9.78 Å². The van der Waals surface area contributed by atoms with Crippen molar-refractivity contribution in [1.82, 2.24) is 4.98 Å². The van der Waals surface area contributed by atoms with Crippen LogP contribution in [0.1, 0.15) is 25.1 Å². The van der Waals surface area contributed by atoms with Crippen LogP contribution < -0.4 is 5.73 Å². The Morgan fingerprint density at radius 1 is 1.67 bits per heavy atom. The fourth-order valence-corrected chi connectivity index (χ4v) is 1.01. The lowest BCUT2D eigenvalue weighted by atomic mass is 10.1. The highest BCUT2D eigenvalue weighted by molar-refractivity contribution is 5.76. The molecule has 1 heterocycles. The summed E-state index contributed by atoms with van der Waals surface area (Å²) in [5, 5.41) is 0. The molecule has 1 unspecified atom stereocenters. The quantitative estimate of drug-likeness (QED) is 0.726. The van der Waals surface area contributed by atoms with Crippen LogP contribution in [-0.4, -0.2) is 10.8 Å². The average Bonchev–Trinajstić information content (AvgIpc) is 2.05. The lowest BCUT2D eigenvalue weighted by Gasteiger charge is -2.07. The zero-order valence-corrected chi connectivity index (χ0v) is 7.03. The third-order valence-corrected chi connectivity index (χ3v) is 1.58. The molecular formula is C9H12N2O. The summed E-state index contributed by atoms with van der Waals surface area (Å²) in [5.74, 6) is 0.0909. The van der Waals surface area contributed by atoms with Crippen LogP contribution in [0.25, 0.3) is 0 Å². The molecule has 1 rings (SSSR count). The molecule has 0 aromatic carbocycles. The van der Waals surface area contributed by atoms with Gasteiger partial charge < -0.3 is 5.73 Å². The molecule has 0 spiro atoms. The normalized spacial score (nSPS) is 12.5. The van der Waals surface area contributed by atoms with Crippen molar-refractivity contribution in [3.05, 3.63) is 30.1 Å². The van der Waals surface area contributed by atoms with Gasteiger partial charge in [0.2, 0.25) is 0 Å². The maximum Gasteiger partial charge on any atom is 0.131 e. The predicted molar refractivity (Wildman–Crippen MR) is 46.5 cm³/mol. The van der Waals surface area contributed by atoms with Gasteiger partial charge in [-0.1, -0.05) is 6.07 Å². The van der Waals surface area contributed by atoms with Crippen LogP contribution in [0, 0.1) is 0 Å². The summed E-state index contributed by atoms with van der Waals surface area (Å²) in [6, 6.07) is 5.25. The smallest absolute Gasteiger partial charge is 0.131 e. The predicted octanol–water partition coefficient (Wildman–Crippen LogP) is 1.06. The number of carbonyl (C=O) groups is 1. The van der Waals surface area contributed by atoms with E-state index >= 15 is 0 Å². The Bertz CT molecular complexity index is 258. The molecule has 0 saturated carbocycles. The third-order valence-electron chi connectivity index (χ3n) is 1.58. The van der Waals surface area contributed by atoms with Crippen LogP contribution in [0.2, 0.25) is 0 Å². The van der Waals surface area contributed by atoms with Gasteiger partial charge >= 0.3 is 0 Å². The van der Waals surface area contributed by atoms with E-state index in [0.29, 0.717) is 6.42 Å². The van der Waals surface area contributed by atoms with E-state index in [4.69, 9.17) is 5.73 Å². The number of nitrogens with zero attached hydrogens (tertiary/aromatic N) is 1. The number of hydrogen-bond donors (Lipinski definition) is 1. The Balaban J connectivity index is 2.65. The molecule has 0 aliphatic rings. The van der Waals surface area contributed by atoms with E-state index in [9.17, 15) is 4.79 Å². The monoisotopic (exact) mass is 164 g/mol. The summed E-state index contributed by atoms with van der Waals surface area (Å²) in [6.07, 6.45) is 2.03. The minimum absolute atomic E-state index is 0.0909. The Morgan fingerprint density at radius 2 is 2.42 bits per heavy atom. The largest absolute Gasteiger partial charge is 0.322 e. The Hall–Kier alpha value is -1.22. The molecule has 1 aromatic rings. The van der Waals surface area contributed by atoms with Crippen molar-refractivity contribution in [2.24, 2.45) is 5.73 Å². The second kappa shape index (κ2) is 3.97. The van der Waals surface area contributed by atoms with E-state index in [1.807, 2.05) is 18.2 Å². The van der Waals surface area contributed by atoms with Crippen molar-refractivity contribution in [3.63, 3.8) is 0 Å². The van der Waals surface area contributed by atoms with Gasteiger partial charge in [0.15, 0.2) is 0 Å². The molecule has 2 N–H and O–H groups in total.